The topological polar surface area (TPSA) is 64.6 Å². The highest BCUT2D eigenvalue weighted by atomic mass is 16.6. The second-order valence-electron chi connectivity index (χ2n) is 7.26. The highest BCUT2D eigenvalue weighted by Gasteiger charge is 2.32. The van der Waals surface area contributed by atoms with E-state index in [9.17, 15) is 9.59 Å². The molecular weight excluding hydrogens is 366 g/mol. The first-order valence-corrected chi connectivity index (χ1v) is 9.62. The fourth-order valence-electron chi connectivity index (χ4n) is 4.15. The van der Waals surface area contributed by atoms with Gasteiger partial charge in [0.25, 0.3) is 0 Å². The molecule has 2 aliphatic rings. The fraction of sp³-hybridized carbons (Fsp3) is 0.167. The number of amides is 1. The van der Waals surface area contributed by atoms with Gasteiger partial charge < -0.3 is 14.8 Å². The van der Waals surface area contributed by atoms with Gasteiger partial charge in [0.15, 0.2) is 0 Å². The van der Waals surface area contributed by atoms with Crippen molar-refractivity contribution in [3.63, 3.8) is 0 Å². The van der Waals surface area contributed by atoms with Crippen LogP contribution >= 0.6 is 0 Å². The number of para-hydroxylation sites is 1. The molecule has 3 aromatic carbocycles. The molecule has 5 rings (SSSR count). The van der Waals surface area contributed by atoms with Gasteiger partial charge in [0.05, 0.1) is 0 Å². The molecule has 1 atom stereocenters. The van der Waals surface area contributed by atoms with Gasteiger partial charge in [-0.25, -0.2) is 9.59 Å². The number of carbonyl (C=O) groups excluding carboxylic acids is 2. The predicted molar refractivity (Wildman–Crippen MR) is 108 cm³/mol. The van der Waals surface area contributed by atoms with Gasteiger partial charge in [-0.15, -0.1) is 0 Å². The van der Waals surface area contributed by atoms with E-state index in [2.05, 4.69) is 29.6 Å². The Labute approximate surface area is 168 Å². The summed E-state index contributed by atoms with van der Waals surface area (Å²) in [5.74, 6) is 0.0486. The normalized spacial score (nSPS) is 17.0. The monoisotopic (exact) mass is 385 g/mol. The summed E-state index contributed by atoms with van der Waals surface area (Å²) in [7, 11) is 0. The molecule has 1 amide bonds. The summed E-state index contributed by atoms with van der Waals surface area (Å²) in [6, 6.07) is 22.9. The van der Waals surface area contributed by atoms with Crippen molar-refractivity contribution in [3.05, 3.63) is 89.5 Å². The van der Waals surface area contributed by atoms with Crippen LogP contribution in [0.4, 0.5) is 4.79 Å². The standard InChI is InChI=1S/C24H19NO4/c26-23-21(13-15-7-1-6-12-22(15)29-23)25-24(27)28-14-20-18-10-4-2-8-16(18)17-9-3-5-11-19(17)20/h1-12,20-21H,13-14H2,(H,25,27)/t21-/m0/s1. The lowest BCUT2D eigenvalue weighted by molar-refractivity contribution is -0.137. The zero-order valence-electron chi connectivity index (χ0n) is 15.6. The second-order valence-corrected chi connectivity index (χ2v) is 7.26. The van der Waals surface area contributed by atoms with Gasteiger partial charge >= 0.3 is 12.1 Å². The third-order valence-electron chi connectivity index (χ3n) is 5.53. The Bertz CT molecular complexity index is 1060. The van der Waals surface area contributed by atoms with E-state index in [0.717, 1.165) is 16.7 Å². The van der Waals surface area contributed by atoms with Gasteiger partial charge in [0.2, 0.25) is 0 Å². The van der Waals surface area contributed by atoms with Crippen LogP contribution in [-0.4, -0.2) is 24.7 Å². The minimum absolute atomic E-state index is 0.0211. The van der Waals surface area contributed by atoms with E-state index in [4.69, 9.17) is 9.47 Å². The van der Waals surface area contributed by atoms with Crippen LogP contribution in [0.5, 0.6) is 5.75 Å². The van der Waals surface area contributed by atoms with Crippen LogP contribution in [0.3, 0.4) is 0 Å². The van der Waals surface area contributed by atoms with Gasteiger partial charge in [-0.05, 0) is 33.9 Å². The van der Waals surface area contributed by atoms with E-state index in [-0.39, 0.29) is 12.5 Å². The number of hydrogen-bond donors (Lipinski definition) is 1. The zero-order chi connectivity index (χ0) is 19.8. The average molecular weight is 385 g/mol. The molecule has 29 heavy (non-hydrogen) atoms. The Kier molecular flexibility index (Phi) is 4.28. The Morgan fingerprint density at radius 2 is 1.55 bits per heavy atom. The van der Waals surface area contributed by atoms with Crippen LogP contribution in [0.1, 0.15) is 22.6 Å². The first kappa shape index (κ1) is 17.5. The van der Waals surface area contributed by atoms with E-state index in [1.807, 2.05) is 42.5 Å². The lowest BCUT2D eigenvalue weighted by Crippen LogP contribution is -2.47. The Morgan fingerprint density at radius 3 is 2.28 bits per heavy atom. The number of alkyl carbamates (subject to hydrolysis) is 1. The maximum Gasteiger partial charge on any atom is 0.407 e. The summed E-state index contributed by atoms with van der Waals surface area (Å²) in [6.07, 6.45) is -0.229. The summed E-state index contributed by atoms with van der Waals surface area (Å²) in [5.41, 5.74) is 5.52. The lowest BCUT2D eigenvalue weighted by atomic mass is 9.98. The minimum atomic E-state index is -0.749. The number of carbonyl (C=O) groups is 2. The number of benzene rings is 3. The number of ether oxygens (including phenoxy) is 2. The minimum Gasteiger partial charge on any atom is -0.449 e. The molecule has 5 nitrogen and oxygen atoms in total. The fourth-order valence-corrected chi connectivity index (χ4v) is 4.15. The molecule has 1 heterocycles. The Hall–Kier alpha value is -3.60. The van der Waals surface area contributed by atoms with Crippen LogP contribution in [-0.2, 0) is 16.0 Å². The van der Waals surface area contributed by atoms with Crippen molar-refractivity contribution in [3.8, 4) is 16.9 Å². The first-order chi connectivity index (χ1) is 14.2. The van der Waals surface area contributed by atoms with E-state index in [0.29, 0.717) is 12.2 Å². The first-order valence-electron chi connectivity index (χ1n) is 9.62. The SMILES string of the molecule is O=C(N[C@H]1Cc2ccccc2OC1=O)OCC1c2ccccc2-c2ccccc21. The van der Waals surface area contributed by atoms with Crippen LogP contribution in [0.15, 0.2) is 72.8 Å². The molecule has 0 radical (unpaired) electrons. The quantitative estimate of drug-likeness (QED) is 0.546. The van der Waals surface area contributed by atoms with Gasteiger partial charge in [-0.1, -0.05) is 66.7 Å². The van der Waals surface area contributed by atoms with E-state index >= 15 is 0 Å². The number of fused-ring (bicyclic) bond motifs is 4. The van der Waals surface area contributed by atoms with Crippen molar-refractivity contribution >= 4 is 12.1 Å². The molecule has 0 saturated heterocycles. The van der Waals surface area contributed by atoms with Crippen molar-refractivity contribution in [1.29, 1.82) is 0 Å². The van der Waals surface area contributed by atoms with E-state index in [1.54, 1.807) is 6.07 Å². The summed E-state index contributed by atoms with van der Waals surface area (Å²) < 4.78 is 10.8. The van der Waals surface area contributed by atoms with Gasteiger partial charge in [-0.3, -0.25) is 0 Å². The maximum atomic E-state index is 12.4. The molecule has 144 valence electrons. The van der Waals surface area contributed by atoms with Crippen molar-refractivity contribution < 1.29 is 19.1 Å². The van der Waals surface area contributed by atoms with Crippen molar-refractivity contribution in [2.75, 3.05) is 6.61 Å². The van der Waals surface area contributed by atoms with E-state index in [1.165, 1.54) is 11.1 Å². The Balaban J connectivity index is 1.28. The molecular formula is C24H19NO4. The molecule has 5 heteroatoms. The number of rotatable bonds is 3. The van der Waals surface area contributed by atoms with Gasteiger partial charge in [0.1, 0.15) is 18.4 Å². The molecule has 0 spiro atoms. The lowest BCUT2D eigenvalue weighted by Gasteiger charge is -2.24. The zero-order valence-corrected chi connectivity index (χ0v) is 15.6. The van der Waals surface area contributed by atoms with Crippen molar-refractivity contribution in [1.82, 2.24) is 5.32 Å². The summed E-state index contributed by atoms with van der Waals surface area (Å²) >= 11 is 0. The molecule has 1 aliphatic carbocycles. The highest BCUT2D eigenvalue weighted by Crippen LogP contribution is 2.44. The number of hydrogen-bond acceptors (Lipinski definition) is 4. The second kappa shape index (κ2) is 7.09. The third kappa shape index (κ3) is 3.14. The van der Waals surface area contributed by atoms with Gasteiger partial charge in [-0.2, -0.15) is 0 Å². The summed E-state index contributed by atoms with van der Waals surface area (Å²) in [6.45, 7) is 0.207. The third-order valence-corrected chi connectivity index (χ3v) is 5.53. The van der Waals surface area contributed by atoms with Crippen LogP contribution in [0, 0.1) is 0 Å². The molecule has 1 N–H and O–H groups in total. The molecule has 0 aromatic heterocycles. The number of esters is 1. The van der Waals surface area contributed by atoms with E-state index < -0.39 is 18.1 Å². The maximum absolute atomic E-state index is 12.4. The van der Waals surface area contributed by atoms with Gasteiger partial charge in [0, 0.05) is 12.3 Å². The average Bonchev–Trinajstić information content (AvgIpc) is 3.07. The molecule has 1 aliphatic heterocycles. The molecule has 0 fully saturated rings. The smallest absolute Gasteiger partial charge is 0.407 e. The molecule has 0 unspecified atom stereocenters. The highest BCUT2D eigenvalue weighted by molar-refractivity contribution is 5.85. The predicted octanol–water partition coefficient (Wildman–Crippen LogP) is 4.06. The molecule has 0 saturated carbocycles. The Morgan fingerprint density at radius 1 is 0.931 bits per heavy atom. The van der Waals surface area contributed by atoms with Crippen LogP contribution in [0.2, 0.25) is 0 Å². The summed E-state index contributed by atoms with van der Waals surface area (Å²) in [4.78, 5) is 24.6. The van der Waals surface area contributed by atoms with Crippen LogP contribution in [0.25, 0.3) is 11.1 Å². The van der Waals surface area contributed by atoms with Crippen LogP contribution < -0.4 is 10.1 Å². The molecule has 3 aromatic rings. The summed E-state index contributed by atoms with van der Waals surface area (Å²) in [5, 5.41) is 2.65. The molecule has 0 bridgehead atoms. The van der Waals surface area contributed by atoms with Crippen molar-refractivity contribution in [2.45, 2.75) is 18.4 Å². The largest absolute Gasteiger partial charge is 0.449 e. The van der Waals surface area contributed by atoms with Crippen molar-refractivity contribution in [2.24, 2.45) is 0 Å². The number of nitrogens with one attached hydrogen (secondary N) is 1.